The average Bonchev–Trinajstić information content (AvgIpc) is 2.38. The van der Waals surface area contributed by atoms with E-state index in [4.69, 9.17) is 15.7 Å². The number of hydrogen-bond donors (Lipinski definition) is 2. The zero-order chi connectivity index (χ0) is 14.0. The molecule has 0 spiro atoms. The van der Waals surface area contributed by atoms with Crippen molar-refractivity contribution >= 4 is 28.4 Å². The van der Waals surface area contributed by atoms with E-state index in [1.165, 1.54) is 6.07 Å². The molecular formula is C12H7N3O4. The van der Waals surface area contributed by atoms with E-state index < -0.39 is 17.5 Å². The van der Waals surface area contributed by atoms with Gasteiger partial charge in [0, 0.05) is 10.6 Å². The molecule has 0 unspecified atom stereocenters. The van der Waals surface area contributed by atoms with Gasteiger partial charge in [-0.15, -0.1) is 0 Å². The van der Waals surface area contributed by atoms with E-state index in [2.05, 4.69) is 10.0 Å². The van der Waals surface area contributed by atoms with E-state index in [0.717, 1.165) is 6.07 Å². The van der Waals surface area contributed by atoms with Gasteiger partial charge < -0.3 is 10.2 Å². The molecule has 2 N–H and O–H groups in total. The van der Waals surface area contributed by atoms with Gasteiger partial charge in [0.05, 0.1) is 11.1 Å². The summed E-state index contributed by atoms with van der Waals surface area (Å²) in [5.74, 6) is -2.74. The fourth-order valence-corrected chi connectivity index (χ4v) is 1.89. The molecule has 7 heteroatoms. The molecule has 0 fully saturated rings. The number of nitrogens with zero attached hydrogens (tertiary/aromatic N) is 3. The SMILES string of the molecule is [N-]=[N+]=Nc1cc(C(=O)O)c(C(=O)O)c2ccccc12. The van der Waals surface area contributed by atoms with Crippen LogP contribution in [0.4, 0.5) is 5.69 Å². The standard InChI is InChI=1S/C12H7N3O4/c13-15-14-9-5-8(11(16)17)10(12(18)19)7-4-2-1-3-6(7)9/h1-5H,(H,16,17)(H,18,19). The third-order valence-electron chi connectivity index (χ3n) is 2.62. The van der Waals surface area contributed by atoms with Crippen LogP contribution in [0.2, 0.25) is 0 Å². The summed E-state index contributed by atoms with van der Waals surface area (Å²) in [6, 6.07) is 7.33. The molecule has 2 aromatic carbocycles. The Labute approximate surface area is 106 Å². The summed E-state index contributed by atoms with van der Waals surface area (Å²) < 4.78 is 0. The lowest BCUT2D eigenvalue weighted by molar-refractivity contribution is 0.0653. The number of benzene rings is 2. The number of carboxylic acid groups (broad SMARTS) is 2. The van der Waals surface area contributed by atoms with E-state index in [-0.39, 0.29) is 16.6 Å². The number of fused-ring (bicyclic) bond motifs is 1. The Morgan fingerprint density at radius 1 is 1.11 bits per heavy atom. The van der Waals surface area contributed by atoms with Crippen LogP contribution in [0.1, 0.15) is 20.7 Å². The first kappa shape index (κ1) is 12.4. The molecule has 0 aliphatic carbocycles. The molecule has 0 atom stereocenters. The van der Waals surface area contributed by atoms with Crippen LogP contribution >= 0.6 is 0 Å². The van der Waals surface area contributed by atoms with Crippen molar-refractivity contribution in [2.45, 2.75) is 0 Å². The van der Waals surface area contributed by atoms with Gasteiger partial charge in [-0.1, -0.05) is 29.4 Å². The molecule has 2 rings (SSSR count). The lowest BCUT2D eigenvalue weighted by Crippen LogP contribution is -2.08. The van der Waals surface area contributed by atoms with Crippen LogP contribution in [0.15, 0.2) is 35.4 Å². The molecule has 0 saturated heterocycles. The fraction of sp³-hybridized carbons (Fsp3) is 0. The van der Waals surface area contributed by atoms with E-state index in [1.807, 2.05) is 0 Å². The van der Waals surface area contributed by atoms with Crippen LogP contribution < -0.4 is 0 Å². The van der Waals surface area contributed by atoms with Gasteiger partial charge in [0.1, 0.15) is 0 Å². The highest BCUT2D eigenvalue weighted by Gasteiger charge is 2.21. The molecule has 7 nitrogen and oxygen atoms in total. The number of azide groups is 1. The fourth-order valence-electron chi connectivity index (χ4n) is 1.89. The monoisotopic (exact) mass is 257 g/mol. The molecule has 0 bridgehead atoms. The average molecular weight is 257 g/mol. The lowest BCUT2D eigenvalue weighted by Gasteiger charge is -2.09. The minimum absolute atomic E-state index is 0.0838. The van der Waals surface area contributed by atoms with Crippen LogP contribution in [0.25, 0.3) is 21.2 Å². The van der Waals surface area contributed by atoms with Gasteiger partial charge in [0.2, 0.25) is 0 Å². The molecule has 0 amide bonds. The molecule has 19 heavy (non-hydrogen) atoms. The van der Waals surface area contributed by atoms with Crippen molar-refractivity contribution in [3.63, 3.8) is 0 Å². The Morgan fingerprint density at radius 2 is 1.74 bits per heavy atom. The van der Waals surface area contributed by atoms with E-state index >= 15 is 0 Å². The first-order chi connectivity index (χ1) is 9.06. The first-order valence-electron chi connectivity index (χ1n) is 5.13. The summed E-state index contributed by atoms with van der Waals surface area (Å²) in [5, 5.41) is 22.2. The van der Waals surface area contributed by atoms with E-state index in [9.17, 15) is 9.59 Å². The molecule has 0 saturated carbocycles. The minimum Gasteiger partial charge on any atom is -0.478 e. The highest BCUT2D eigenvalue weighted by Crippen LogP contribution is 2.32. The Hall–Kier alpha value is -3.05. The van der Waals surface area contributed by atoms with Crippen LogP contribution in [-0.4, -0.2) is 22.2 Å². The Kier molecular flexibility index (Phi) is 3.05. The predicted molar refractivity (Wildman–Crippen MR) is 66.7 cm³/mol. The van der Waals surface area contributed by atoms with Gasteiger partial charge in [0.15, 0.2) is 0 Å². The summed E-state index contributed by atoms with van der Waals surface area (Å²) in [6.45, 7) is 0. The Bertz CT molecular complexity index is 748. The second-order valence-electron chi connectivity index (χ2n) is 3.66. The second kappa shape index (κ2) is 4.67. The third-order valence-corrected chi connectivity index (χ3v) is 2.62. The maximum atomic E-state index is 11.2. The van der Waals surface area contributed by atoms with E-state index in [0.29, 0.717) is 5.39 Å². The number of carbonyl (C=O) groups is 2. The van der Waals surface area contributed by atoms with Gasteiger partial charge in [0.25, 0.3) is 0 Å². The maximum Gasteiger partial charge on any atom is 0.337 e. The molecule has 2 aromatic rings. The smallest absolute Gasteiger partial charge is 0.337 e. The first-order valence-corrected chi connectivity index (χ1v) is 5.13. The summed E-state index contributed by atoms with van der Waals surface area (Å²) in [4.78, 5) is 25.0. The number of hydrogen-bond acceptors (Lipinski definition) is 3. The van der Waals surface area contributed by atoms with Crippen molar-refractivity contribution in [3.05, 3.63) is 51.9 Å². The van der Waals surface area contributed by atoms with Gasteiger partial charge in [-0.2, -0.15) is 0 Å². The van der Waals surface area contributed by atoms with Gasteiger partial charge in [-0.05, 0) is 22.4 Å². The van der Waals surface area contributed by atoms with Gasteiger partial charge in [-0.25, -0.2) is 9.59 Å². The third kappa shape index (κ3) is 2.05. The number of rotatable bonds is 3. The molecular weight excluding hydrogens is 250 g/mol. The molecule has 94 valence electrons. The lowest BCUT2D eigenvalue weighted by atomic mass is 9.97. The summed E-state index contributed by atoms with van der Waals surface area (Å²) in [6.07, 6.45) is 0. The second-order valence-corrected chi connectivity index (χ2v) is 3.66. The summed E-state index contributed by atoms with van der Waals surface area (Å²) in [5.41, 5.74) is 7.84. The van der Waals surface area contributed by atoms with Gasteiger partial charge >= 0.3 is 11.9 Å². The quantitative estimate of drug-likeness (QED) is 0.497. The number of aromatic carboxylic acids is 2. The van der Waals surface area contributed by atoms with Crippen LogP contribution in [0, 0.1) is 0 Å². The van der Waals surface area contributed by atoms with E-state index in [1.54, 1.807) is 18.2 Å². The Morgan fingerprint density at radius 3 is 2.26 bits per heavy atom. The molecule has 0 aliphatic rings. The zero-order valence-corrected chi connectivity index (χ0v) is 9.44. The predicted octanol–water partition coefficient (Wildman–Crippen LogP) is 3.18. The Balaban J connectivity index is 3.02. The normalized spacial score (nSPS) is 9.89. The largest absolute Gasteiger partial charge is 0.478 e. The van der Waals surface area contributed by atoms with Crippen molar-refractivity contribution in [2.24, 2.45) is 5.11 Å². The summed E-state index contributed by atoms with van der Waals surface area (Å²) in [7, 11) is 0. The minimum atomic E-state index is -1.39. The van der Waals surface area contributed by atoms with Crippen LogP contribution in [-0.2, 0) is 0 Å². The highest BCUT2D eigenvalue weighted by atomic mass is 16.4. The van der Waals surface area contributed by atoms with Crippen molar-refractivity contribution in [1.29, 1.82) is 0 Å². The van der Waals surface area contributed by atoms with Crippen molar-refractivity contribution in [2.75, 3.05) is 0 Å². The maximum absolute atomic E-state index is 11.2. The topological polar surface area (TPSA) is 123 Å². The zero-order valence-electron chi connectivity index (χ0n) is 9.44. The van der Waals surface area contributed by atoms with Gasteiger partial charge in [-0.3, -0.25) is 0 Å². The van der Waals surface area contributed by atoms with Crippen molar-refractivity contribution in [1.82, 2.24) is 0 Å². The van der Waals surface area contributed by atoms with Crippen molar-refractivity contribution in [3.8, 4) is 0 Å². The van der Waals surface area contributed by atoms with Crippen molar-refractivity contribution < 1.29 is 19.8 Å². The molecule has 0 radical (unpaired) electrons. The van der Waals surface area contributed by atoms with Crippen LogP contribution in [0.5, 0.6) is 0 Å². The highest BCUT2D eigenvalue weighted by molar-refractivity contribution is 6.14. The molecule has 0 aromatic heterocycles. The summed E-state index contributed by atoms with van der Waals surface area (Å²) >= 11 is 0. The van der Waals surface area contributed by atoms with Crippen LogP contribution in [0.3, 0.4) is 0 Å². The molecule has 0 heterocycles. The molecule has 0 aliphatic heterocycles. The number of carboxylic acids is 2.